The van der Waals surface area contributed by atoms with Crippen molar-refractivity contribution in [1.82, 2.24) is 40.3 Å². The second-order valence-electron chi connectivity index (χ2n) is 25.8. The SMILES string of the molecule is CC[C@H](C)[C@@H]([C@@H](CC(=O)N1CCC[C@H]1[C@H](OC)[C@@H](C)C(=O)N[C@@H](CC(C)C)C(=O)NS(=O)(=O)C1CC1)OC)N(C)C(=O)[C@@H](NC(=O)[C@H](C(C)C)N(C)C(=O)OCc1ccc(NC(=O)[C@H](C)NC(=O)CCOCCOCCC(=O)N2CCC(C(=O)O)CC2)cc1)C(C)C. The molecule has 2 saturated heterocycles. The summed E-state index contributed by atoms with van der Waals surface area (Å²) in [5.74, 6) is -6.88. The molecule has 4 rings (SSSR count). The number of benzene rings is 1. The molecule has 2 aliphatic heterocycles. The van der Waals surface area contributed by atoms with E-state index in [1.165, 1.54) is 38.0 Å². The van der Waals surface area contributed by atoms with Gasteiger partial charge < -0.3 is 64.8 Å². The van der Waals surface area contributed by atoms with E-state index in [0.29, 0.717) is 75.8 Å². The molecule has 0 aromatic heterocycles. The van der Waals surface area contributed by atoms with Gasteiger partial charge >= 0.3 is 12.1 Å². The van der Waals surface area contributed by atoms with E-state index in [-0.39, 0.29) is 82.4 Å². The number of hydrogen-bond donors (Lipinski definition) is 6. The lowest BCUT2D eigenvalue weighted by molar-refractivity contribution is -0.148. The van der Waals surface area contributed by atoms with Crippen molar-refractivity contribution in [3.63, 3.8) is 0 Å². The topological polar surface area (TPSA) is 344 Å². The number of likely N-dealkylation sites (tertiary alicyclic amines) is 2. The van der Waals surface area contributed by atoms with Gasteiger partial charge in [-0.1, -0.05) is 80.9 Å². The van der Waals surface area contributed by atoms with Crippen molar-refractivity contribution >= 4 is 75.0 Å². The number of aliphatic carboxylic acids is 1. The lowest BCUT2D eigenvalue weighted by Gasteiger charge is -2.41. The van der Waals surface area contributed by atoms with Crippen LogP contribution >= 0.6 is 0 Å². The molecule has 92 heavy (non-hydrogen) atoms. The molecule has 3 aliphatic rings. The first-order valence-electron chi connectivity index (χ1n) is 32.4. The molecule has 1 saturated carbocycles. The predicted octanol–water partition coefficient (Wildman–Crippen LogP) is 4.06. The molecular weight excluding hydrogens is 1210 g/mol. The Bertz CT molecular complexity index is 2740. The normalized spacial score (nSPS) is 18.3. The third-order valence-corrected chi connectivity index (χ3v) is 19.3. The maximum Gasteiger partial charge on any atom is 0.410 e. The fourth-order valence-corrected chi connectivity index (χ4v) is 13.1. The minimum atomic E-state index is -3.86. The molecule has 2 heterocycles. The van der Waals surface area contributed by atoms with Gasteiger partial charge in [-0.3, -0.25) is 52.8 Å². The Kier molecular flexibility index (Phi) is 31.7. The number of carboxylic acids is 1. The van der Waals surface area contributed by atoms with E-state index in [0.717, 1.165) is 0 Å². The molecule has 28 heteroatoms. The second kappa shape index (κ2) is 37.4. The summed E-state index contributed by atoms with van der Waals surface area (Å²) in [4.78, 5) is 140. The van der Waals surface area contributed by atoms with Crippen molar-refractivity contribution in [3.8, 4) is 0 Å². The molecule has 1 aromatic rings. The number of carboxylic acid groups (broad SMARTS) is 1. The molecule has 1 aliphatic carbocycles. The Hall–Kier alpha value is -6.49. The van der Waals surface area contributed by atoms with Gasteiger partial charge in [0.2, 0.25) is 51.4 Å². The number of sulfonamides is 1. The number of hydrogen-bond acceptors (Lipinski definition) is 17. The molecule has 0 spiro atoms. The molecule has 27 nitrogen and oxygen atoms in total. The maximum atomic E-state index is 14.8. The number of anilines is 1. The summed E-state index contributed by atoms with van der Waals surface area (Å²) in [7, 11) is 2.11. The smallest absolute Gasteiger partial charge is 0.410 e. The van der Waals surface area contributed by atoms with Gasteiger partial charge in [0.15, 0.2) is 0 Å². The average molecular weight is 1320 g/mol. The number of rotatable bonds is 38. The van der Waals surface area contributed by atoms with Crippen LogP contribution in [-0.4, -0.2) is 221 Å². The lowest BCUT2D eigenvalue weighted by atomic mass is 9.89. The summed E-state index contributed by atoms with van der Waals surface area (Å²) >= 11 is 0. The maximum absolute atomic E-state index is 14.8. The van der Waals surface area contributed by atoms with Crippen LogP contribution in [-0.2, 0) is 83.5 Å². The van der Waals surface area contributed by atoms with Crippen LogP contribution in [0.5, 0.6) is 0 Å². The predicted molar refractivity (Wildman–Crippen MR) is 341 cm³/mol. The number of ether oxygens (including phenoxy) is 5. The number of methoxy groups -OCH3 is 2. The molecule has 3 fully saturated rings. The van der Waals surface area contributed by atoms with Crippen LogP contribution in [0.4, 0.5) is 10.5 Å². The molecule has 9 amide bonds. The highest BCUT2D eigenvalue weighted by Crippen LogP contribution is 2.31. The van der Waals surface area contributed by atoms with Crippen LogP contribution < -0.4 is 26.0 Å². The van der Waals surface area contributed by atoms with Crippen LogP contribution in [0.25, 0.3) is 0 Å². The number of nitrogens with zero attached hydrogens (tertiary/aromatic N) is 4. The molecule has 0 radical (unpaired) electrons. The largest absolute Gasteiger partial charge is 0.481 e. The minimum absolute atomic E-state index is 0.00968. The second-order valence-corrected chi connectivity index (χ2v) is 27.7. The van der Waals surface area contributed by atoms with E-state index in [1.807, 2.05) is 27.7 Å². The van der Waals surface area contributed by atoms with E-state index < -0.39 is 135 Å². The van der Waals surface area contributed by atoms with Crippen LogP contribution in [0.2, 0.25) is 0 Å². The number of nitrogens with one attached hydrogen (secondary N) is 5. The van der Waals surface area contributed by atoms with Crippen molar-refractivity contribution in [3.05, 3.63) is 29.8 Å². The van der Waals surface area contributed by atoms with Crippen molar-refractivity contribution in [2.24, 2.45) is 35.5 Å². The highest BCUT2D eigenvalue weighted by Gasteiger charge is 2.45. The average Bonchev–Trinajstić information content (AvgIpc) is 1.60. The van der Waals surface area contributed by atoms with E-state index >= 15 is 0 Å². The third kappa shape index (κ3) is 23.5. The van der Waals surface area contributed by atoms with Crippen LogP contribution in [0, 0.1) is 35.5 Å². The fourth-order valence-electron chi connectivity index (χ4n) is 11.7. The Labute approximate surface area is 543 Å². The zero-order valence-electron chi connectivity index (χ0n) is 56.5. The Morgan fingerprint density at radius 3 is 1.86 bits per heavy atom. The van der Waals surface area contributed by atoms with Gasteiger partial charge in [0.1, 0.15) is 30.8 Å². The van der Waals surface area contributed by atoms with Crippen LogP contribution in [0.1, 0.15) is 145 Å². The summed E-state index contributed by atoms with van der Waals surface area (Å²) in [6, 6.07) is 1.15. The minimum Gasteiger partial charge on any atom is -0.481 e. The van der Waals surface area contributed by atoms with E-state index in [9.17, 15) is 56.4 Å². The molecule has 520 valence electrons. The Morgan fingerprint density at radius 1 is 0.696 bits per heavy atom. The summed E-state index contributed by atoms with van der Waals surface area (Å²) in [5, 5.41) is 19.6. The quantitative estimate of drug-likeness (QED) is 0.0508. The van der Waals surface area contributed by atoms with Gasteiger partial charge in [-0.2, -0.15) is 0 Å². The standard InChI is InChI=1S/C64H105N9O18S/c1-15-41(8)56(50(87-13)36-53(76)73-28-16-17-49(73)57(88-14)42(9)58(77)67-48(35-38(2)3)60(79)69-92(85,86)47-22-23-47)70(11)62(81)54(39(4)5)68-61(80)55(40(6)7)71(12)64(84)91-37-44-18-20-46(21-19-44)66-59(78)43(10)65-51(74)26-31-89-33-34-90-32-27-52(75)72-29-24-45(25-30-72)63(82)83/h18-21,38-43,45,47-50,54-57H,15-17,22-37H2,1-14H3,(H,65,74)(H,66,78)(H,67,77)(H,68,80)(H,69,79)(H,82,83)/t41-,42+,43-,48-,49-,50+,54-,55-,56-,57+/m0/s1. The molecule has 10 atom stereocenters. The highest BCUT2D eigenvalue weighted by atomic mass is 32.2. The Balaban J connectivity index is 1.28. The van der Waals surface area contributed by atoms with Gasteiger partial charge in [-0.15, -0.1) is 0 Å². The summed E-state index contributed by atoms with van der Waals surface area (Å²) in [5.41, 5.74) is 0.987. The zero-order valence-corrected chi connectivity index (χ0v) is 57.3. The molecule has 0 unspecified atom stereocenters. The third-order valence-electron chi connectivity index (χ3n) is 17.5. The monoisotopic (exact) mass is 1320 g/mol. The molecule has 0 bridgehead atoms. The van der Waals surface area contributed by atoms with Gasteiger partial charge in [-0.05, 0) is 93.2 Å². The summed E-state index contributed by atoms with van der Waals surface area (Å²) in [6.07, 6.45) is 1.31. The lowest BCUT2D eigenvalue weighted by Crippen LogP contribution is -2.60. The first-order valence-corrected chi connectivity index (χ1v) is 33.9. The van der Waals surface area contributed by atoms with E-state index in [1.54, 1.807) is 75.7 Å². The van der Waals surface area contributed by atoms with Gasteiger partial charge in [-0.25, -0.2) is 13.2 Å². The number of piperidine rings is 1. The zero-order chi connectivity index (χ0) is 68.7. The molecule has 6 N–H and O–H groups in total. The van der Waals surface area contributed by atoms with Crippen molar-refractivity contribution in [2.45, 2.75) is 200 Å². The Morgan fingerprint density at radius 2 is 1.32 bits per heavy atom. The number of carbonyl (C=O) groups excluding carboxylic acids is 9. The van der Waals surface area contributed by atoms with E-state index in [2.05, 4.69) is 26.0 Å². The number of carbonyl (C=O) groups is 10. The van der Waals surface area contributed by atoms with Crippen molar-refractivity contribution in [2.75, 3.05) is 79.7 Å². The summed E-state index contributed by atoms with van der Waals surface area (Å²) in [6.45, 7) is 19.6. The first-order chi connectivity index (χ1) is 43.4. The van der Waals surface area contributed by atoms with Crippen LogP contribution in [0.15, 0.2) is 24.3 Å². The number of amides is 9. The van der Waals surface area contributed by atoms with Gasteiger partial charge in [0.25, 0.3) is 5.91 Å². The van der Waals surface area contributed by atoms with Crippen LogP contribution in [0.3, 0.4) is 0 Å². The van der Waals surface area contributed by atoms with Crippen molar-refractivity contribution < 1.29 is 85.2 Å². The summed E-state index contributed by atoms with van der Waals surface area (Å²) < 4.78 is 56.1. The first kappa shape index (κ1) is 78.0. The molecular formula is C64H105N9O18S. The van der Waals surface area contributed by atoms with Crippen molar-refractivity contribution in [1.29, 1.82) is 0 Å². The fraction of sp³-hybridized carbons (Fsp3) is 0.750. The highest BCUT2D eigenvalue weighted by molar-refractivity contribution is 7.90. The molecule has 1 aromatic carbocycles. The number of likely N-dealkylation sites (N-methyl/N-ethyl adjacent to an activating group) is 2. The van der Waals surface area contributed by atoms with Gasteiger partial charge in [0, 0.05) is 60.1 Å². The van der Waals surface area contributed by atoms with Gasteiger partial charge in [0.05, 0.1) is 80.6 Å². The van der Waals surface area contributed by atoms with E-state index in [4.69, 9.17) is 28.8 Å².